The lowest BCUT2D eigenvalue weighted by atomic mass is 9.78. The minimum absolute atomic E-state index is 0.0151. The number of allylic oxidation sites excluding steroid dienone is 2. The number of amides is 1. The van der Waals surface area contributed by atoms with Crippen molar-refractivity contribution in [3.63, 3.8) is 0 Å². The molecule has 84 valence electrons. The van der Waals surface area contributed by atoms with Gasteiger partial charge in [-0.1, -0.05) is 30.4 Å². The molecule has 2 aliphatic rings. The highest BCUT2D eigenvalue weighted by Crippen LogP contribution is 2.43. The molecule has 0 bridgehead atoms. The van der Waals surface area contributed by atoms with E-state index < -0.39 is 5.41 Å². The van der Waals surface area contributed by atoms with Gasteiger partial charge in [-0.3, -0.25) is 9.59 Å². The van der Waals surface area contributed by atoms with Crippen molar-refractivity contribution in [2.45, 2.75) is 5.41 Å². The summed E-state index contributed by atoms with van der Waals surface area (Å²) in [5.74, 6) is -0.0887. The van der Waals surface area contributed by atoms with E-state index in [-0.39, 0.29) is 11.7 Å². The average molecular weight is 225 g/mol. The van der Waals surface area contributed by atoms with Crippen molar-refractivity contribution in [2.75, 3.05) is 11.9 Å². The van der Waals surface area contributed by atoms with E-state index >= 15 is 0 Å². The smallest absolute Gasteiger partial charge is 0.245 e. The number of anilines is 1. The fourth-order valence-electron chi connectivity index (χ4n) is 2.48. The van der Waals surface area contributed by atoms with E-state index in [1.807, 2.05) is 24.3 Å². The van der Waals surface area contributed by atoms with Gasteiger partial charge in [0.15, 0.2) is 5.78 Å². The summed E-state index contributed by atoms with van der Waals surface area (Å²) in [6.07, 6.45) is 6.32. The van der Waals surface area contributed by atoms with E-state index in [0.717, 1.165) is 11.3 Å². The van der Waals surface area contributed by atoms with Crippen molar-refractivity contribution >= 4 is 17.4 Å². The zero-order chi connectivity index (χ0) is 12.0. The molecule has 3 rings (SSSR count). The third-order valence-corrected chi connectivity index (χ3v) is 3.39. The molecule has 1 aliphatic carbocycles. The Morgan fingerprint density at radius 1 is 1.06 bits per heavy atom. The molecule has 1 amide bonds. The van der Waals surface area contributed by atoms with Crippen molar-refractivity contribution in [3.8, 4) is 0 Å². The Bertz CT molecular complexity index is 568. The zero-order valence-corrected chi connectivity index (χ0v) is 9.38. The van der Waals surface area contributed by atoms with Crippen LogP contribution in [0.4, 0.5) is 5.69 Å². The van der Waals surface area contributed by atoms with Crippen LogP contribution in [0.3, 0.4) is 0 Å². The van der Waals surface area contributed by atoms with Crippen molar-refractivity contribution < 1.29 is 9.59 Å². The molecule has 0 aromatic heterocycles. The maximum atomic E-state index is 12.4. The monoisotopic (exact) mass is 225 g/mol. The maximum Gasteiger partial charge on any atom is 0.245 e. The fourth-order valence-corrected chi connectivity index (χ4v) is 2.48. The lowest BCUT2D eigenvalue weighted by Gasteiger charge is -2.22. The first-order valence-corrected chi connectivity index (χ1v) is 5.45. The largest absolute Gasteiger partial charge is 0.314 e. The van der Waals surface area contributed by atoms with Crippen LogP contribution in [0, 0.1) is 0 Å². The van der Waals surface area contributed by atoms with Crippen LogP contribution in [0.5, 0.6) is 0 Å². The minimum Gasteiger partial charge on any atom is -0.314 e. The molecule has 1 spiro atoms. The van der Waals surface area contributed by atoms with E-state index in [1.165, 1.54) is 12.2 Å². The molecule has 1 aromatic carbocycles. The number of carbonyl (C=O) groups excluding carboxylic acids is 2. The van der Waals surface area contributed by atoms with E-state index in [0.29, 0.717) is 0 Å². The van der Waals surface area contributed by atoms with Gasteiger partial charge in [0.05, 0.1) is 0 Å². The summed E-state index contributed by atoms with van der Waals surface area (Å²) in [5.41, 5.74) is 1.06. The number of likely N-dealkylation sites (N-methyl/N-ethyl adjacent to an activating group) is 1. The molecule has 0 saturated carbocycles. The highest BCUT2D eigenvalue weighted by Gasteiger charge is 2.46. The maximum absolute atomic E-state index is 12.4. The third-order valence-electron chi connectivity index (χ3n) is 3.39. The number of carbonyl (C=O) groups is 2. The predicted octanol–water partition coefficient (Wildman–Crippen LogP) is 1.60. The summed E-state index contributed by atoms with van der Waals surface area (Å²) in [4.78, 5) is 25.2. The van der Waals surface area contributed by atoms with Gasteiger partial charge in [-0.2, -0.15) is 0 Å². The molecule has 0 atom stereocenters. The van der Waals surface area contributed by atoms with Crippen LogP contribution < -0.4 is 4.90 Å². The van der Waals surface area contributed by atoms with Crippen LogP contribution in [0.15, 0.2) is 48.6 Å². The topological polar surface area (TPSA) is 37.4 Å². The standard InChI is InChI=1S/C14H11NO2/c1-15-12-5-3-2-4-11(12)14(13(15)17)8-6-10(16)7-9-14/h2-9H,1H3. The summed E-state index contributed by atoms with van der Waals surface area (Å²) in [7, 11) is 1.76. The van der Waals surface area contributed by atoms with Crippen molar-refractivity contribution in [2.24, 2.45) is 0 Å². The summed E-state index contributed by atoms with van der Waals surface area (Å²) in [5, 5.41) is 0. The highest BCUT2D eigenvalue weighted by molar-refractivity contribution is 6.14. The Labute approximate surface area is 99.0 Å². The first-order valence-electron chi connectivity index (χ1n) is 5.45. The van der Waals surface area contributed by atoms with Gasteiger partial charge in [0.1, 0.15) is 5.41 Å². The number of ketones is 1. The summed E-state index contributed by atoms with van der Waals surface area (Å²) in [6.45, 7) is 0. The van der Waals surface area contributed by atoms with Gasteiger partial charge in [-0.05, 0) is 23.8 Å². The average Bonchev–Trinajstić information content (AvgIpc) is 2.57. The molecule has 0 radical (unpaired) electrons. The number of hydrogen-bond donors (Lipinski definition) is 0. The fraction of sp³-hybridized carbons (Fsp3) is 0.143. The Morgan fingerprint density at radius 3 is 2.41 bits per heavy atom. The van der Waals surface area contributed by atoms with Gasteiger partial charge in [0, 0.05) is 12.7 Å². The molecule has 17 heavy (non-hydrogen) atoms. The van der Waals surface area contributed by atoms with Crippen molar-refractivity contribution in [1.29, 1.82) is 0 Å². The van der Waals surface area contributed by atoms with Crippen molar-refractivity contribution in [3.05, 3.63) is 54.1 Å². The SMILES string of the molecule is CN1C(=O)C2(C=CC(=O)C=C2)c2ccccc21. The van der Waals surface area contributed by atoms with Crippen LogP contribution in [0.25, 0.3) is 0 Å². The highest BCUT2D eigenvalue weighted by atomic mass is 16.2. The number of nitrogens with zero attached hydrogens (tertiary/aromatic N) is 1. The van der Waals surface area contributed by atoms with Gasteiger partial charge < -0.3 is 4.90 Å². The van der Waals surface area contributed by atoms with Crippen LogP contribution >= 0.6 is 0 Å². The first kappa shape index (κ1) is 10.0. The molecule has 3 heteroatoms. The normalized spacial score (nSPS) is 20.2. The molecule has 1 heterocycles. The number of hydrogen-bond acceptors (Lipinski definition) is 2. The van der Waals surface area contributed by atoms with Crippen LogP contribution in [-0.2, 0) is 15.0 Å². The third kappa shape index (κ3) is 1.16. The summed E-state index contributed by atoms with van der Waals surface area (Å²) >= 11 is 0. The molecule has 0 unspecified atom stereocenters. The number of fused-ring (bicyclic) bond motifs is 2. The van der Waals surface area contributed by atoms with E-state index in [9.17, 15) is 9.59 Å². The Balaban J connectivity index is 2.26. The van der Waals surface area contributed by atoms with Gasteiger partial charge in [-0.25, -0.2) is 0 Å². The lowest BCUT2D eigenvalue weighted by Crippen LogP contribution is -2.36. The summed E-state index contributed by atoms with van der Waals surface area (Å²) in [6, 6.07) is 7.66. The van der Waals surface area contributed by atoms with Crippen molar-refractivity contribution in [1.82, 2.24) is 0 Å². The molecular weight excluding hydrogens is 214 g/mol. The van der Waals surface area contributed by atoms with E-state index in [4.69, 9.17) is 0 Å². The van der Waals surface area contributed by atoms with Crippen LogP contribution in [-0.4, -0.2) is 18.7 Å². The number of rotatable bonds is 0. The van der Waals surface area contributed by atoms with Gasteiger partial charge in [-0.15, -0.1) is 0 Å². The van der Waals surface area contributed by atoms with Crippen LogP contribution in [0.2, 0.25) is 0 Å². The first-order chi connectivity index (χ1) is 8.15. The summed E-state index contributed by atoms with van der Waals surface area (Å²) < 4.78 is 0. The molecule has 1 aromatic rings. The van der Waals surface area contributed by atoms with Gasteiger partial charge in [0.2, 0.25) is 5.91 Å². The number of benzene rings is 1. The second kappa shape index (κ2) is 3.17. The van der Waals surface area contributed by atoms with Gasteiger partial charge >= 0.3 is 0 Å². The predicted molar refractivity (Wildman–Crippen MR) is 64.8 cm³/mol. The molecule has 1 aliphatic heterocycles. The molecular formula is C14H11NO2. The second-order valence-corrected chi connectivity index (χ2v) is 4.32. The Morgan fingerprint density at radius 2 is 1.71 bits per heavy atom. The van der Waals surface area contributed by atoms with E-state index in [1.54, 1.807) is 24.1 Å². The minimum atomic E-state index is -0.779. The molecule has 3 nitrogen and oxygen atoms in total. The number of para-hydroxylation sites is 1. The Kier molecular flexibility index (Phi) is 1.87. The Hall–Kier alpha value is -2.16. The quantitative estimate of drug-likeness (QED) is 0.672. The van der Waals surface area contributed by atoms with Gasteiger partial charge in [0.25, 0.3) is 0 Å². The second-order valence-electron chi connectivity index (χ2n) is 4.32. The lowest BCUT2D eigenvalue weighted by molar-refractivity contribution is -0.120. The zero-order valence-electron chi connectivity index (χ0n) is 9.38. The molecule has 0 saturated heterocycles. The van der Waals surface area contributed by atoms with E-state index in [2.05, 4.69) is 0 Å². The van der Waals surface area contributed by atoms with Crippen LogP contribution in [0.1, 0.15) is 5.56 Å². The molecule has 0 fully saturated rings. The molecule has 0 N–H and O–H groups in total.